The van der Waals surface area contributed by atoms with Crippen molar-refractivity contribution in [3.8, 4) is 11.6 Å². The van der Waals surface area contributed by atoms with Gasteiger partial charge >= 0.3 is 5.69 Å². The summed E-state index contributed by atoms with van der Waals surface area (Å²) in [5, 5.41) is 10.4. The Labute approximate surface area is 199 Å². The number of aryl methyl sites for hydroxylation is 1. The van der Waals surface area contributed by atoms with Gasteiger partial charge in [0.15, 0.2) is 0 Å². The summed E-state index contributed by atoms with van der Waals surface area (Å²) in [6.45, 7) is 2.40. The van der Waals surface area contributed by atoms with Crippen molar-refractivity contribution >= 4 is 27.0 Å². The second kappa shape index (κ2) is 9.41. The van der Waals surface area contributed by atoms with Crippen LogP contribution in [-0.4, -0.2) is 18.8 Å². The Balaban J connectivity index is 1.86. The summed E-state index contributed by atoms with van der Waals surface area (Å²) < 4.78 is 11.5. The molecule has 0 bridgehead atoms. The Morgan fingerprint density at radius 1 is 1.03 bits per heavy atom. The molecule has 4 aromatic rings. The van der Waals surface area contributed by atoms with Crippen molar-refractivity contribution in [3.63, 3.8) is 0 Å². The lowest BCUT2D eigenvalue weighted by Crippen LogP contribution is -2.37. The molecule has 8 heteroatoms. The molecule has 33 heavy (non-hydrogen) atoms. The van der Waals surface area contributed by atoms with E-state index in [0.717, 1.165) is 26.6 Å². The Morgan fingerprint density at radius 2 is 1.79 bits per heavy atom. The maximum atomic E-state index is 13.1. The van der Waals surface area contributed by atoms with Gasteiger partial charge in [0, 0.05) is 24.6 Å². The van der Waals surface area contributed by atoms with E-state index in [0.29, 0.717) is 35.6 Å². The van der Waals surface area contributed by atoms with Gasteiger partial charge in [-0.05, 0) is 41.8 Å². The van der Waals surface area contributed by atoms with Crippen LogP contribution in [0, 0.1) is 0 Å². The van der Waals surface area contributed by atoms with E-state index in [9.17, 15) is 14.7 Å². The average Bonchev–Trinajstić information content (AvgIpc) is 3.14. The fourth-order valence-corrected chi connectivity index (χ4v) is 4.42. The quantitative estimate of drug-likeness (QED) is 0.396. The van der Waals surface area contributed by atoms with Crippen molar-refractivity contribution in [3.05, 3.63) is 91.0 Å². The molecule has 0 amide bonds. The summed E-state index contributed by atoms with van der Waals surface area (Å²) in [6.07, 6.45) is 0.953. The summed E-state index contributed by atoms with van der Waals surface area (Å²) >= 11 is 3.49. The van der Waals surface area contributed by atoms with Gasteiger partial charge in [-0.25, -0.2) is 4.79 Å². The predicted octanol–water partition coefficient (Wildman–Crippen LogP) is 4.48. The molecule has 0 spiro atoms. The molecule has 2 heterocycles. The maximum Gasteiger partial charge on any atom is 0.331 e. The third-order valence-electron chi connectivity index (χ3n) is 5.74. The molecular formula is C25H26BrN3O4. The molecule has 0 aliphatic carbocycles. The van der Waals surface area contributed by atoms with Crippen LogP contribution >= 0.6 is 15.9 Å². The number of fused-ring (bicyclic) bond motifs is 1. The van der Waals surface area contributed by atoms with E-state index in [1.54, 1.807) is 29.8 Å². The third-order valence-corrected chi connectivity index (χ3v) is 6.23. The van der Waals surface area contributed by atoms with E-state index < -0.39 is 11.8 Å². The SMILES string of the molecule is CCCC(O)c1cccc(Oc2cc3c(c(=O)n(C)c(=O)n3C)n2Cc2cccc(Br)c2)c1. The lowest BCUT2D eigenvalue weighted by molar-refractivity contribution is 0.166. The highest BCUT2D eigenvalue weighted by molar-refractivity contribution is 9.10. The van der Waals surface area contributed by atoms with Crippen molar-refractivity contribution in [1.29, 1.82) is 0 Å². The summed E-state index contributed by atoms with van der Waals surface area (Å²) in [5.74, 6) is 0.980. The van der Waals surface area contributed by atoms with Crippen molar-refractivity contribution in [2.75, 3.05) is 0 Å². The molecule has 4 rings (SSSR count). The fourth-order valence-electron chi connectivity index (χ4n) is 3.97. The minimum atomic E-state index is -0.570. The molecule has 1 unspecified atom stereocenters. The summed E-state index contributed by atoms with van der Waals surface area (Å²) in [7, 11) is 3.11. The van der Waals surface area contributed by atoms with Gasteiger partial charge in [-0.2, -0.15) is 0 Å². The summed E-state index contributed by atoms with van der Waals surface area (Å²) in [5.41, 5.74) is 1.84. The topological polar surface area (TPSA) is 78.4 Å². The second-order valence-electron chi connectivity index (χ2n) is 8.12. The highest BCUT2D eigenvalue weighted by Gasteiger charge is 2.19. The smallest absolute Gasteiger partial charge is 0.331 e. The number of benzene rings is 2. The number of aliphatic hydroxyl groups is 1. The van der Waals surface area contributed by atoms with Gasteiger partial charge in [-0.3, -0.25) is 13.9 Å². The fraction of sp³-hybridized carbons (Fsp3) is 0.280. The van der Waals surface area contributed by atoms with Crippen LogP contribution in [0.25, 0.3) is 11.0 Å². The van der Waals surface area contributed by atoms with Crippen LogP contribution in [0.5, 0.6) is 11.6 Å². The van der Waals surface area contributed by atoms with Crippen LogP contribution in [0.15, 0.2) is 68.7 Å². The zero-order valence-corrected chi connectivity index (χ0v) is 20.4. The molecule has 0 aliphatic rings. The molecule has 0 radical (unpaired) electrons. The lowest BCUT2D eigenvalue weighted by Gasteiger charge is -2.14. The van der Waals surface area contributed by atoms with Crippen molar-refractivity contribution < 1.29 is 9.84 Å². The molecule has 172 valence electrons. The number of ether oxygens (including phenoxy) is 1. The van der Waals surface area contributed by atoms with Crippen LogP contribution < -0.4 is 16.0 Å². The number of halogens is 1. The van der Waals surface area contributed by atoms with Gasteiger partial charge in [0.05, 0.1) is 18.2 Å². The molecule has 1 N–H and O–H groups in total. The minimum Gasteiger partial charge on any atom is -0.441 e. The number of hydrogen-bond acceptors (Lipinski definition) is 4. The number of nitrogens with zero attached hydrogens (tertiary/aromatic N) is 3. The normalized spacial score (nSPS) is 12.3. The first-order valence-corrected chi connectivity index (χ1v) is 11.6. The highest BCUT2D eigenvalue weighted by atomic mass is 79.9. The third kappa shape index (κ3) is 4.54. The van der Waals surface area contributed by atoms with E-state index in [1.165, 1.54) is 11.6 Å². The Kier molecular flexibility index (Phi) is 6.58. The van der Waals surface area contributed by atoms with Gasteiger partial charge in [0.1, 0.15) is 11.3 Å². The van der Waals surface area contributed by atoms with Gasteiger partial charge in [0.25, 0.3) is 5.56 Å². The number of aliphatic hydroxyl groups excluding tert-OH is 1. The molecule has 0 aliphatic heterocycles. The first-order valence-electron chi connectivity index (χ1n) is 10.8. The average molecular weight is 512 g/mol. The predicted molar refractivity (Wildman–Crippen MR) is 132 cm³/mol. The largest absolute Gasteiger partial charge is 0.441 e. The first-order chi connectivity index (χ1) is 15.8. The second-order valence-corrected chi connectivity index (χ2v) is 9.03. The van der Waals surface area contributed by atoms with Crippen LogP contribution in [0.2, 0.25) is 0 Å². The highest BCUT2D eigenvalue weighted by Crippen LogP contribution is 2.30. The van der Waals surface area contributed by atoms with Gasteiger partial charge in [-0.15, -0.1) is 0 Å². The van der Waals surface area contributed by atoms with E-state index in [1.807, 2.05) is 43.3 Å². The number of hydrogen-bond donors (Lipinski definition) is 1. The van der Waals surface area contributed by atoms with Gasteiger partial charge in [-0.1, -0.05) is 53.5 Å². The molecule has 0 fully saturated rings. The molecule has 0 saturated carbocycles. The standard InChI is InChI=1S/C25H26BrN3O4/c1-4-7-21(30)17-9-6-11-19(13-17)33-22-14-20-23(24(31)28(3)25(32)27(20)2)29(22)15-16-8-5-10-18(26)12-16/h5-6,8-14,21,30H,4,7,15H2,1-3H3. The Bertz CT molecular complexity index is 1430. The van der Waals surface area contributed by atoms with Crippen LogP contribution in [-0.2, 0) is 20.6 Å². The molecule has 2 aromatic carbocycles. The maximum absolute atomic E-state index is 13.1. The molecule has 0 saturated heterocycles. The molecule has 2 aromatic heterocycles. The zero-order chi connectivity index (χ0) is 23.7. The van der Waals surface area contributed by atoms with Gasteiger partial charge in [0.2, 0.25) is 5.88 Å². The number of aromatic nitrogens is 3. The van der Waals surface area contributed by atoms with Crippen molar-refractivity contribution in [2.24, 2.45) is 14.1 Å². The monoisotopic (exact) mass is 511 g/mol. The summed E-state index contributed by atoms with van der Waals surface area (Å²) in [6, 6.07) is 16.8. The minimum absolute atomic E-state index is 0.379. The van der Waals surface area contributed by atoms with E-state index in [2.05, 4.69) is 15.9 Å². The zero-order valence-electron chi connectivity index (χ0n) is 18.8. The van der Waals surface area contributed by atoms with E-state index >= 15 is 0 Å². The van der Waals surface area contributed by atoms with Crippen LogP contribution in [0.3, 0.4) is 0 Å². The molecular weight excluding hydrogens is 486 g/mol. The Morgan fingerprint density at radius 3 is 2.52 bits per heavy atom. The van der Waals surface area contributed by atoms with Crippen molar-refractivity contribution in [1.82, 2.24) is 13.7 Å². The lowest BCUT2D eigenvalue weighted by atomic mass is 10.1. The first kappa shape index (κ1) is 23.1. The van der Waals surface area contributed by atoms with Crippen LogP contribution in [0.4, 0.5) is 0 Å². The Hall–Kier alpha value is -3.10. The van der Waals surface area contributed by atoms with E-state index in [-0.39, 0.29) is 5.56 Å². The van der Waals surface area contributed by atoms with Gasteiger partial charge < -0.3 is 14.4 Å². The number of rotatable bonds is 7. The van der Waals surface area contributed by atoms with Crippen LogP contribution in [0.1, 0.15) is 37.0 Å². The summed E-state index contributed by atoms with van der Waals surface area (Å²) in [4.78, 5) is 25.6. The van der Waals surface area contributed by atoms with E-state index in [4.69, 9.17) is 4.74 Å². The molecule has 1 atom stereocenters. The molecule has 7 nitrogen and oxygen atoms in total. The van der Waals surface area contributed by atoms with Crippen molar-refractivity contribution in [2.45, 2.75) is 32.4 Å².